The number of aryl methyl sites for hydroxylation is 1. The number of nitrogens with zero attached hydrogens (tertiary/aromatic N) is 1. The largest absolute Gasteiger partial charge is 0.417 e. The van der Waals surface area contributed by atoms with Crippen LogP contribution in [0.1, 0.15) is 5.56 Å². The molecule has 0 amide bonds. The molecule has 2 aromatic carbocycles. The van der Waals surface area contributed by atoms with Crippen LogP contribution in [-0.4, -0.2) is 4.57 Å². The van der Waals surface area contributed by atoms with Crippen LogP contribution < -0.4 is 0 Å². The summed E-state index contributed by atoms with van der Waals surface area (Å²) in [5.74, 6) is 0. The highest BCUT2D eigenvalue weighted by molar-refractivity contribution is 6.09. The average molecular weight is 248 g/mol. The molecular weight excluding hydrogens is 239 g/mol. The average Bonchev–Trinajstić information content (AvgIpc) is 2.63. The minimum Gasteiger partial charge on any atom is -0.344 e. The topological polar surface area (TPSA) is 4.93 Å². The lowest BCUT2D eigenvalue weighted by Gasteiger charge is -2.08. The minimum absolute atomic E-state index is 0.261. The van der Waals surface area contributed by atoms with Crippen LogP contribution in [0.5, 0.6) is 0 Å². The molecule has 1 aromatic heterocycles. The van der Waals surface area contributed by atoms with Crippen molar-refractivity contribution in [1.82, 2.24) is 4.57 Å². The fourth-order valence-corrected chi connectivity index (χ4v) is 2.38. The Morgan fingerprint density at radius 3 is 2.61 bits per heavy atom. The summed E-state index contributed by atoms with van der Waals surface area (Å²) in [5, 5.41) is 0.871. The SMILES string of the molecule is Cn1c2c[c]ccc2c2c(C(F)(F)F)cccc21. The van der Waals surface area contributed by atoms with Crippen LogP contribution in [0.15, 0.2) is 36.4 Å². The molecule has 0 atom stereocenters. The molecule has 3 aromatic rings. The maximum Gasteiger partial charge on any atom is 0.417 e. The highest BCUT2D eigenvalue weighted by atomic mass is 19.4. The van der Waals surface area contributed by atoms with Crippen molar-refractivity contribution >= 4 is 21.8 Å². The number of aromatic nitrogens is 1. The number of rotatable bonds is 0. The van der Waals surface area contributed by atoms with Crippen molar-refractivity contribution in [3.63, 3.8) is 0 Å². The lowest BCUT2D eigenvalue weighted by molar-refractivity contribution is -0.136. The Kier molecular flexibility index (Phi) is 2.17. The van der Waals surface area contributed by atoms with Gasteiger partial charge in [0, 0.05) is 28.9 Å². The summed E-state index contributed by atoms with van der Waals surface area (Å²) in [4.78, 5) is 0. The van der Waals surface area contributed by atoms with E-state index in [1.165, 1.54) is 6.07 Å². The monoisotopic (exact) mass is 248 g/mol. The zero-order valence-electron chi connectivity index (χ0n) is 9.55. The van der Waals surface area contributed by atoms with E-state index in [-0.39, 0.29) is 5.39 Å². The van der Waals surface area contributed by atoms with Crippen LogP contribution >= 0.6 is 0 Å². The van der Waals surface area contributed by atoms with E-state index >= 15 is 0 Å². The van der Waals surface area contributed by atoms with Gasteiger partial charge >= 0.3 is 6.18 Å². The molecule has 18 heavy (non-hydrogen) atoms. The Hall–Kier alpha value is -1.97. The summed E-state index contributed by atoms with van der Waals surface area (Å²) < 4.78 is 40.9. The number of hydrogen-bond donors (Lipinski definition) is 0. The molecule has 0 saturated carbocycles. The van der Waals surface area contributed by atoms with Crippen molar-refractivity contribution in [2.24, 2.45) is 7.05 Å². The third kappa shape index (κ3) is 1.41. The Balaban J connectivity index is 2.58. The van der Waals surface area contributed by atoms with Gasteiger partial charge in [0.1, 0.15) is 0 Å². The van der Waals surface area contributed by atoms with Gasteiger partial charge in [-0.3, -0.25) is 0 Å². The second-order valence-corrected chi connectivity index (χ2v) is 4.20. The van der Waals surface area contributed by atoms with Crippen molar-refractivity contribution in [2.45, 2.75) is 6.18 Å². The molecular formula is C14H9F3N. The summed E-state index contributed by atoms with van der Waals surface area (Å²) in [5.41, 5.74) is 0.750. The van der Waals surface area contributed by atoms with Crippen molar-refractivity contribution in [3.8, 4) is 0 Å². The smallest absolute Gasteiger partial charge is 0.344 e. The van der Waals surface area contributed by atoms with Crippen molar-refractivity contribution in [2.75, 3.05) is 0 Å². The summed E-state index contributed by atoms with van der Waals surface area (Å²) in [6.07, 6.45) is -4.34. The maximum absolute atomic E-state index is 13.0. The molecule has 0 bridgehead atoms. The van der Waals surface area contributed by atoms with Crippen molar-refractivity contribution in [3.05, 3.63) is 48.0 Å². The summed E-state index contributed by atoms with van der Waals surface area (Å²) >= 11 is 0. The second-order valence-electron chi connectivity index (χ2n) is 4.20. The van der Waals surface area contributed by atoms with Gasteiger partial charge in [0.05, 0.1) is 5.56 Å². The van der Waals surface area contributed by atoms with Gasteiger partial charge in [0.2, 0.25) is 0 Å². The molecule has 0 aliphatic rings. The van der Waals surface area contributed by atoms with Crippen LogP contribution in [0.4, 0.5) is 13.2 Å². The van der Waals surface area contributed by atoms with E-state index in [1.807, 2.05) is 0 Å². The molecule has 0 N–H and O–H groups in total. The van der Waals surface area contributed by atoms with Crippen LogP contribution in [-0.2, 0) is 13.2 Å². The van der Waals surface area contributed by atoms with Crippen LogP contribution in [0.2, 0.25) is 0 Å². The van der Waals surface area contributed by atoms with E-state index in [0.29, 0.717) is 10.9 Å². The van der Waals surface area contributed by atoms with E-state index < -0.39 is 11.7 Å². The molecule has 0 aliphatic carbocycles. The maximum atomic E-state index is 13.0. The molecule has 0 fully saturated rings. The van der Waals surface area contributed by atoms with Gasteiger partial charge in [0.25, 0.3) is 0 Å². The first-order chi connectivity index (χ1) is 8.50. The Morgan fingerprint density at radius 1 is 1.11 bits per heavy atom. The highest BCUT2D eigenvalue weighted by Crippen LogP contribution is 2.39. The lowest BCUT2D eigenvalue weighted by Crippen LogP contribution is -2.05. The lowest BCUT2D eigenvalue weighted by atomic mass is 10.1. The predicted molar refractivity (Wildman–Crippen MR) is 64.3 cm³/mol. The van der Waals surface area contributed by atoms with E-state index in [0.717, 1.165) is 11.6 Å². The Bertz CT molecular complexity index is 738. The minimum atomic E-state index is -4.34. The molecule has 1 heterocycles. The van der Waals surface area contributed by atoms with E-state index in [1.54, 1.807) is 35.9 Å². The van der Waals surface area contributed by atoms with Crippen molar-refractivity contribution < 1.29 is 13.2 Å². The van der Waals surface area contributed by atoms with Crippen LogP contribution in [0, 0.1) is 6.07 Å². The molecule has 1 radical (unpaired) electrons. The molecule has 0 saturated heterocycles. The first-order valence-electron chi connectivity index (χ1n) is 5.44. The molecule has 0 spiro atoms. The fraction of sp³-hybridized carbons (Fsp3) is 0.143. The normalized spacial score (nSPS) is 12.4. The fourth-order valence-electron chi connectivity index (χ4n) is 2.38. The first-order valence-corrected chi connectivity index (χ1v) is 5.44. The van der Waals surface area contributed by atoms with Crippen molar-refractivity contribution in [1.29, 1.82) is 0 Å². The molecule has 1 nitrogen and oxygen atoms in total. The molecule has 0 aliphatic heterocycles. The molecule has 4 heteroatoms. The summed E-state index contributed by atoms with van der Waals surface area (Å²) in [6.45, 7) is 0. The van der Waals surface area contributed by atoms with Gasteiger partial charge < -0.3 is 4.57 Å². The third-order valence-corrected chi connectivity index (χ3v) is 3.18. The predicted octanol–water partition coefficient (Wildman–Crippen LogP) is 4.15. The molecule has 3 rings (SSSR count). The zero-order valence-corrected chi connectivity index (χ0v) is 9.55. The number of alkyl halides is 3. The van der Waals surface area contributed by atoms with Gasteiger partial charge in [-0.15, -0.1) is 0 Å². The van der Waals surface area contributed by atoms with Gasteiger partial charge in [0.15, 0.2) is 0 Å². The van der Waals surface area contributed by atoms with E-state index in [4.69, 9.17) is 0 Å². The zero-order chi connectivity index (χ0) is 12.9. The number of hydrogen-bond acceptors (Lipinski definition) is 0. The molecule has 0 unspecified atom stereocenters. The van der Waals surface area contributed by atoms with Crippen LogP contribution in [0.25, 0.3) is 21.8 Å². The Morgan fingerprint density at radius 2 is 1.89 bits per heavy atom. The highest BCUT2D eigenvalue weighted by Gasteiger charge is 2.33. The first kappa shape index (κ1) is 11.1. The summed E-state index contributed by atoms with van der Waals surface area (Å²) in [7, 11) is 1.76. The van der Waals surface area contributed by atoms with E-state index in [9.17, 15) is 13.2 Å². The van der Waals surface area contributed by atoms with Gasteiger partial charge in [-0.1, -0.05) is 18.2 Å². The number of halogens is 3. The van der Waals surface area contributed by atoms with Gasteiger partial charge in [-0.2, -0.15) is 13.2 Å². The number of fused-ring (bicyclic) bond motifs is 3. The number of benzene rings is 2. The summed E-state index contributed by atoms with van der Waals surface area (Å²) in [6, 6.07) is 12.2. The molecule has 91 valence electrons. The quantitative estimate of drug-likeness (QED) is 0.563. The van der Waals surface area contributed by atoms with Crippen LogP contribution in [0.3, 0.4) is 0 Å². The third-order valence-electron chi connectivity index (χ3n) is 3.18. The van der Waals surface area contributed by atoms with E-state index in [2.05, 4.69) is 6.07 Å². The Labute approximate surface area is 101 Å². The van der Waals surface area contributed by atoms with Gasteiger partial charge in [-0.25, -0.2) is 0 Å². The van der Waals surface area contributed by atoms with Gasteiger partial charge in [-0.05, 0) is 24.3 Å². The second kappa shape index (κ2) is 3.51. The standard InChI is InChI=1S/C14H9F3N/c1-18-11-7-3-2-5-9(11)13-10(14(15,16)17)6-4-8-12(13)18/h2,4-8H,1H3.